The number of carbonyl (C=O) groups excluding carboxylic acids is 1. The van der Waals surface area contributed by atoms with E-state index in [0.717, 1.165) is 16.9 Å². The summed E-state index contributed by atoms with van der Waals surface area (Å²) in [6, 6.07) is 13.1. The van der Waals surface area contributed by atoms with Gasteiger partial charge in [-0.25, -0.2) is 0 Å². The van der Waals surface area contributed by atoms with Crippen LogP contribution in [0.1, 0.15) is 39.8 Å². The highest BCUT2D eigenvalue weighted by atomic mass is 35.5. The average Bonchev–Trinajstić information content (AvgIpc) is 3.25. The fourth-order valence-electron chi connectivity index (χ4n) is 2.65. The Morgan fingerprint density at radius 3 is 2.58 bits per heavy atom. The summed E-state index contributed by atoms with van der Waals surface area (Å²) in [4.78, 5) is 12.4. The molecular weight excluding hydrogens is 457 g/mol. The molecule has 0 aliphatic rings. The van der Waals surface area contributed by atoms with Gasteiger partial charge in [-0.1, -0.05) is 64.9 Å². The minimum absolute atomic E-state index is 0.0516. The average molecular weight is 478 g/mol. The molecule has 162 valence electrons. The Hall–Kier alpha value is -2.61. The van der Waals surface area contributed by atoms with Crippen molar-refractivity contribution in [2.24, 2.45) is 0 Å². The Balaban J connectivity index is 1.74. The van der Waals surface area contributed by atoms with E-state index in [-0.39, 0.29) is 17.0 Å². The van der Waals surface area contributed by atoms with Crippen LogP contribution in [0.25, 0.3) is 11.1 Å². The van der Waals surface area contributed by atoms with Gasteiger partial charge < -0.3 is 14.8 Å². The lowest BCUT2D eigenvalue weighted by Crippen LogP contribution is -2.22. The molecule has 0 aliphatic carbocycles. The Morgan fingerprint density at radius 1 is 1.19 bits per heavy atom. The molecule has 1 aromatic heterocycles. The highest BCUT2D eigenvalue weighted by molar-refractivity contribution is 7.15. The lowest BCUT2D eigenvalue weighted by atomic mass is 10.2. The zero-order valence-electron chi connectivity index (χ0n) is 17.2. The van der Waals surface area contributed by atoms with Crippen LogP contribution in [0, 0.1) is 0 Å². The first-order valence-electron chi connectivity index (χ1n) is 9.44. The number of aromatic nitrogens is 2. The molecule has 0 unspecified atom stereocenters. The fourth-order valence-corrected chi connectivity index (χ4v) is 3.86. The van der Waals surface area contributed by atoms with Crippen molar-refractivity contribution in [2.75, 3.05) is 7.11 Å². The van der Waals surface area contributed by atoms with E-state index in [1.54, 1.807) is 25.3 Å². The normalized spacial score (nSPS) is 11.5. The molecule has 0 bridgehead atoms. The third-order valence-corrected chi connectivity index (χ3v) is 5.65. The monoisotopic (exact) mass is 477 g/mol. The molecule has 0 atom stereocenters. The number of hydrogen-bond acceptors (Lipinski definition) is 6. The van der Waals surface area contributed by atoms with Gasteiger partial charge in [-0.05, 0) is 43.2 Å². The molecule has 0 radical (unpaired) electrons. The molecule has 2 aromatic carbocycles. The molecule has 3 rings (SSSR count). The first kappa shape index (κ1) is 23.1. The van der Waals surface area contributed by atoms with E-state index in [1.165, 1.54) is 0 Å². The molecule has 1 N–H and O–H groups in total. The Kier molecular flexibility index (Phi) is 7.90. The molecule has 31 heavy (non-hydrogen) atoms. The number of ether oxygens (including phenoxy) is 2. The smallest absolute Gasteiger partial charge is 0.282 e. The summed E-state index contributed by atoms with van der Waals surface area (Å²) in [5, 5.41) is 12.2. The molecule has 0 fully saturated rings. The van der Waals surface area contributed by atoms with Gasteiger partial charge in [0.25, 0.3) is 5.91 Å². The summed E-state index contributed by atoms with van der Waals surface area (Å²) >= 11 is 13.9. The highest BCUT2D eigenvalue weighted by Gasteiger charge is 2.16. The summed E-state index contributed by atoms with van der Waals surface area (Å²) in [6.07, 6.45) is 1.63. The fraction of sp³-hybridized carbons (Fsp3) is 0.227. The van der Waals surface area contributed by atoms with Crippen LogP contribution < -0.4 is 14.8 Å². The zero-order chi connectivity index (χ0) is 22.4. The number of nitrogens with zero attached hydrogens (tertiary/aromatic N) is 2. The van der Waals surface area contributed by atoms with Crippen molar-refractivity contribution >= 4 is 51.6 Å². The van der Waals surface area contributed by atoms with Crippen molar-refractivity contribution in [1.29, 1.82) is 0 Å². The highest BCUT2D eigenvalue weighted by Crippen LogP contribution is 2.38. The number of methoxy groups -OCH3 is 1. The van der Waals surface area contributed by atoms with Gasteiger partial charge in [-0.2, -0.15) is 0 Å². The second-order valence-electron chi connectivity index (χ2n) is 6.77. The van der Waals surface area contributed by atoms with Gasteiger partial charge in [0.2, 0.25) is 5.01 Å². The van der Waals surface area contributed by atoms with Gasteiger partial charge in [0.15, 0.2) is 16.5 Å². The van der Waals surface area contributed by atoms with Crippen molar-refractivity contribution in [2.45, 2.75) is 26.5 Å². The second-order valence-corrected chi connectivity index (χ2v) is 8.57. The van der Waals surface area contributed by atoms with E-state index in [2.05, 4.69) is 15.5 Å². The number of halogens is 2. The van der Waals surface area contributed by atoms with Crippen LogP contribution in [-0.2, 0) is 6.54 Å². The molecule has 0 aliphatic heterocycles. The van der Waals surface area contributed by atoms with Gasteiger partial charge in [-0.15, -0.1) is 10.2 Å². The van der Waals surface area contributed by atoms with Crippen LogP contribution in [0.4, 0.5) is 0 Å². The molecule has 9 heteroatoms. The molecule has 1 heterocycles. The number of nitrogens with one attached hydrogen (secondary N) is 1. The minimum Gasteiger partial charge on any atom is -0.493 e. The van der Waals surface area contributed by atoms with Crippen LogP contribution in [0.3, 0.4) is 0 Å². The van der Waals surface area contributed by atoms with Gasteiger partial charge >= 0.3 is 0 Å². The number of carbonyl (C=O) groups is 1. The number of amides is 1. The zero-order valence-corrected chi connectivity index (χ0v) is 19.5. The number of benzene rings is 2. The van der Waals surface area contributed by atoms with E-state index in [1.807, 2.05) is 44.2 Å². The first-order chi connectivity index (χ1) is 14.9. The van der Waals surface area contributed by atoms with Crippen LogP contribution in [0.5, 0.6) is 11.5 Å². The SMILES string of the molecule is COc1cc(/C=C(/Cl)c2nnc(C(=O)NCc3ccccc3)s2)cc(Cl)c1OC(C)C. The van der Waals surface area contributed by atoms with Crippen molar-refractivity contribution in [3.05, 3.63) is 68.6 Å². The predicted molar refractivity (Wildman–Crippen MR) is 125 cm³/mol. The summed E-state index contributed by atoms with van der Waals surface area (Å²) in [5.41, 5.74) is 1.70. The molecule has 0 saturated carbocycles. The Labute approximate surface area is 194 Å². The molecule has 0 spiro atoms. The van der Waals surface area contributed by atoms with Gasteiger partial charge in [0, 0.05) is 6.54 Å². The van der Waals surface area contributed by atoms with Crippen LogP contribution >= 0.6 is 34.5 Å². The van der Waals surface area contributed by atoms with Gasteiger partial charge in [-0.3, -0.25) is 4.79 Å². The third kappa shape index (κ3) is 6.19. The Morgan fingerprint density at radius 2 is 1.90 bits per heavy atom. The third-order valence-electron chi connectivity index (χ3n) is 4.02. The van der Waals surface area contributed by atoms with Crippen molar-refractivity contribution in [3.63, 3.8) is 0 Å². The van der Waals surface area contributed by atoms with Gasteiger partial charge in [0.1, 0.15) is 0 Å². The summed E-state index contributed by atoms with van der Waals surface area (Å²) < 4.78 is 11.1. The first-order valence-corrected chi connectivity index (χ1v) is 11.0. The van der Waals surface area contributed by atoms with E-state index in [9.17, 15) is 4.79 Å². The predicted octanol–water partition coefficient (Wildman–Crippen LogP) is 5.65. The van der Waals surface area contributed by atoms with E-state index < -0.39 is 0 Å². The number of hydrogen-bond donors (Lipinski definition) is 1. The van der Waals surface area contributed by atoms with Crippen LogP contribution in [-0.4, -0.2) is 29.3 Å². The van der Waals surface area contributed by atoms with E-state index in [0.29, 0.717) is 38.7 Å². The largest absolute Gasteiger partial charge is 0.493 e. The topological polar surface area (TPSA) is 73.3 Å². The van der Waals surface area contributed by atoms with E-state index >= 15 is 0 Å². The van der Waals surface area contributed by atoms with Crippen molar-refractivity contribution < 1.29 is 14.3 Å². The van der Waals surface area contributed by atoms with Crippen LogP contribution in [0.15, 0.2) is 42.5 Å². The number of rotatable bonds is 8. The maximum atomic E-state index is 12.4. The molecule has 1 amide bonds. The Bertz CT molecular complexity index is 1080. The molecular formula is C22H21Cl2N3O3S. The van der Waals surface area contributed by atoms with Crippen LogP contribution in [0.2, 0.25) is 5.02 Å². The van der Waals surface area contributed by atoms with E-state index in [4.69, 9.17) is 32.7 Å². The molecule has 6 nitrogen and oxygen atoms in total. The lowest BCUT2D eigenvalue weighted by molar-refractivity contribution is 0.0950. The van der Waals surface area contributed by atoms with Gasteiger partial charge in [0.05, 0.1) is 23.3 Å². The quantitative estimate of drug-likeness (QED) is 0.453. The molecule has 3 aromatic rings. The summed E-state index contributed by atoms with van der Waals surface area (Å²) in [6.45, 7) is 4.22. The standard InChI is InChI=1S/C22H21Cl2N3O3S/c1-13(2)30-19-16(23)9-15(11-18(19)29-3)10-17(24)21-26-27-22(31-21)20(28)25-12-14-7-5-4-6-8-14/h4-11,13H,12H2,1-3H3,(H,25,28)/b17-10+. The summed E-state index contributed by atoms with van der Waals surface area (Å²) in [5.74, 6) is 0.660. The molecule has 0 saturated heterocycles. The maximum absolute atomic E-state index is 12.4. The van der Waals surface area contributed by atoms with Crippen molar-refractivity contribution in [1.82, 2.24) is 15.5 Å². The van der Waals surface area contributed by atoms with Crippen molar-refractivity contribution in [3.8, 4) is 11.5 Å². The summed E-state index contributed by atoms with van der Waals surface area (Å²) in [7, 11) is 1.54. The second kappa shape index (κ2) is 10.6. The minimum atomic E-state index is -0.308. The lowest BCUT2D eigenvalue weighted by Gasteiger charge is -2.15. The maximum Gasteiger partial charge on any atom is 0.282 e.